The van der Waals surface area contributed by atoms with Gasteiger partial charge in [0.15, 0.2) is 0 Å². The van der Waals surface area contributed by atoms with Crippen molar-refractivity contribution in [3.05, 3.63) is 62.0 Å². The van der Waals surface area contributed by atoms with Crippen LogP contribution in [-0.4, -0.2) is 12.1 Å². The van der Waals surface area contributed by atoms with Gasteiger partial charge in [0.25, 0.3) is 0 Å². The minimum absolute atomic E-state index is 0. The van der Waals surface area contributed by atoms with E-state index in [0.717, 1.165) is 3.63 Å². The molecule has 0 nitrogen and oxygen atoms in total. The van der Waals surface area contributed by atoms with Crippen molar-refractivity contribution in [3.8, 4) is 0 Å². The SMILES string of the molecule is CC1=CC[C]([Zr]([CH3])([CH3])(=[GeH2])[CH]2C(C)=Cc3ccccc32)=C1.Cl.Cl. The average Bonchev–Trinajstić information content (AvgIpc) is 2.91. The molecule has 3 rings (SSSR count). The molecule has 0 saturated carbocycles. The molecule has 0 bridgehead atoms. The Labute approximate surface area is 152 Å². The summed E-state index contributed by atoms with van der Waals surface area (Å²) < 4.78 is 7.92. The summed E-state index contributed by atoms with van der Waals surface area (Å²) in [6.45, 7) is 4.61. The second-order valence-corrected chi connectivity index (χ2v) is 51.4. The van der Waals surface area contributed by atoms with Gasteiger partial charge in [-0.2, -0.15) is 0 Å². The fourth-order valence-corrected chi connectivity index (χ4v) is 25.3. The first-order chi connectivity index (χ1) is 9.28. The molecular weight excluding hydrogens is 451 g/mol. The van der Waals surface area contributed by atoms with Crippen molar-refractivity contribution in [2.75, 3.05) is 0 Å². The standard InChI is InChI=1S/C10H9.C6H7.2CH3.2ClH.GeH2.Zr/c1-8-6-9-4-2-3-5-10(9)7-8;1-6-4-2-3-5-6;;;;;;/h2-7H,1H3;4-5H,2H2,1H3;2*1H3;2*1H;1H2;. The first-order valence-electron chi connectivity index (χ1n) is 7.50. The predicted molar refractivity (Wildman–Crippen MR) is 104 cm³/mol. The van der Waals surface area contributed by atoms with E-state index in [-0.39, 0.29) is 24.8 Å². The van der Waals surface area contributed by atoms with Gasteiger partial charge in [0.05, 0.1) is 0 Å². The van der Waals surface area contributed by atoms with E-state index >= 15 is 0 Å². The Balaban J connectivity index is 0.00000121. The van der Waals surface area contributed by atoms with Crippen LogP contribution in [0.25, 0.3) is 6.08 Å². The van der Waals surface area contributed by atoms with Gasteiger partial charge in [-0.05, 0) is 0 Å². The van der Waals surface area contributed by atoms with E-state index in [1.165, 1.54) is 29.7 Å². The molecule has 2 aliphatic carbocycles. The van der Waals surface area contributed by atoms with Crippen molar-refractivity contribution in [1.29, 1.82) is 0 Å². The maximum absolute atomic E-state index is 2.83. The molecule has 120 valence electrons. The van der Waals surface area contributed by atoms with Crippen molar-refractivity contribution < 1.29 is 15.7 Å². The molecule has 1 aromatic rings. The summed E-state index contributed by atoms with van der Waals surface area (Å²) in [7, 11) is 0. The zero-order valence-corrected chi connectivity index (χ0v) is 20.9. The Morgan fingerprint density at radius 1 is 1.05 bits per heavy atom. The molecule has 0 aromatic heterocycles. The summed E-state index contributed by atoms with van der Waals surface area (Å²) in [6, 6.07) is 9.05. The monoisotopic (exact) mass is 476 g/mol. The molecule has 0 heterocycles. The van der Waals surface area contributed by atoms with Crippen LogP contribution in [0.4, 0.5) is 0 Å². The third-order valence-electron chi connectivity index (χ3n) is 5.17. The molecule has 0 saturated heterocycles. The molecule has 4 heteroatoms. The summed E-state index contributed by atoms with van der Waals surface area (Å²) >= 11 is -1.35. The largest absolute Gasteiger partial charge is 0.147 e. The molecule has 0 spiro atoms. The summed E-state index contributed by atoms with van der Waals surface area (Å²) in [6.07, 6.45) is 8.59. The zero-order chi connectivity index (χ0) is 14.6. The van der Waals surface area contributed by atoms with E-state index < -0.39 is 15.7 Å². The van der Waals surface area contributed by atoms with Gasteiger partial charge in [-0.3, -0.25) is 0 Å². The van der Waals surface area contributed by atoms with Gasteiger partial charge in [0, 0.05) is 0 Å². The van der Waals surface area contributed by atoms with Crippen LogP contribution in [0.2, 0.25) is 9.26 Å². The molecular formula is C18H26Cl2GeZr. The molecule has 0 fully saturated rings. The summed E-state index contributed by atoms with van der Waals surface area (Å²) in [5.41, 5.74) is 6.16. The van der Waals surface area contributed by atoms with Crippen molar-refractivity contribution in [1.82, 2.24) is 0 Å². The van der Waals surface area contributed by atoms with E-state index in [2.05, 4.69) is 65.6 Å². The second-order valence-electron chi connectivity index (χ2n) is 7.58. The number of hydrogen-bond donors (Lipinski definition) is 0. The first kappa shape index (κ1) is 20.5. The Kier molecular flexibility index (Phi) is 6.29. The van der Waals surface area contributed by atoms with E-state index in [4.69, 9.17) is 0 Å². The van der Waals surface area contributed by atoms with E-state index in [1.54, 1.807) is 11.1 Å². The zero-order valence-electron chi connectivity index (χ0n) is 13.8. The van der Waals surface area contributed by atoms with Crippen LogP contribution in [-0.2, 0) is 15.7 Å². The van der Waals surface area contributed by atoms with Gasteiger partial charge < -0.3 is 0 Å². The number of allylic oxidation sites excluding steroid dienone is 5. The van der Waals surface area contributed by atoms with Gasteiger partial charge >= 0.3 is 129 Å². The van der Waals surface area contributed by atoms with Crippen LogP contribution >= 0.6 is 24.8 Å². The van der Waals surface area contributed by atoms with Crippen molar-refractivity contribution in [2.24, 2.45) is 0 Å². The second kappa shape index (κ2) is 6.75. The Morgan fingerprint density at radius 2 is 1.68 bits per heavy atom. The number of rotatable bonds is 2. The molecule has 0 aliphatic heterocycles. The van der Waals surface area contributed by atoms with Crippen LogP contribution in [0.5, 0.6) is 0 Å². The van der Waals surface area contributed by atoms with Crippen molar-refractivity contribution in [2.45, 2.75) is 33.2 Å². The molecule has 1 atom stereocenters. The molecule has 1 unspecified atom stereocenters. The third-order valence-corrected chi connectivity index (χ3v) is 28.4. The average molecular weight is 477 g/mol. The van der Waals surface area contributed by atoms with Gasteiger partial charge in [-0.25, -0.2) is 0 Å². The minimum atomic E-state index is -2.83. The van der Waals surface area contributed by atoms with Crippen LogP contribution in [0.15, 0.2) is 50.8 Å². The normalized spacial score (nSPS) is 20.2. The van der Waals surface area contributed by atoms with Crippen molar-refractivity contribution >= 4 is 43.0 Å². The maximum atomic E-state index is 2.68. The Morgan fingerprint density at radius 3 is 2.27 bits per heavy atom. The summed E-state index contributed by atoms with van der Waals surface area (Å²) in [4.78, 5) is 0. The fourth-order valence-electron chi connectivity index (χ4n) is 4.13. The number of benzene rings is 1. The third kappa shape index (κ3) is 3.29. The smallest absolute Gasteiger partial charge is 0.147 e. The topological polar surface area (TPSA) is 0 Å². The van der Waals surface area contributed by atoms with Crippen LogP contribution < -0.4 is 0 Å². The maximum Gasteiger partial charge on any atom is -0.147 e. The first-order valence-corrected chi connectivity index (χ1v) is 25.6. The van der Waals surface area contributed by atoms with E-state index in [0.29, 0.717) is 0 Å². The molecule has 1 aromatic carbocycles. The number of halogens is 2. The van der Waals surface area contributed by atoms with Gasteiger partial charge in [0.1, 0.15) is 0 Å². The minimum Gasteiger partial charge on any atom is -0.147 e. The number of hydrogen-bond acceptors (Lipinski definition) is 0. The Bertz CT molecular complexity index is 750. The summed E-state index contributed by atoms with van der Waals surface area (Å²) in [5, 5.41) is 0. The predicted octanol–water partition coefficient (Wildman–Crippen LogP) is 5.56. The number of fused-ring (bicyclic) bond motifs is 1. The van der Waals surface area contributed by atoms with Crippen LogP contribution in [0, 0.1) is 0 Å². The fraction of sp³-hybridized carbons (Fsp3) is 0.333. The van der Waals surface area contributed by atoms with E-state index in [9.17, 15) is 0 Å². The van der Waals surface area contributed by atoms with Gasteiger partial charge in [-0.15, -0.1) is 24.8 Å². The molecule has 0 radical (unpaired) electrons. The summed E-state index contributed by atoms with van der Waals surface area (Å²) in [5.74, 6) is 0. The molecule has 0 N–H and O–H groups in total. The van der Waals surface area contributed by atoms with Gasteiger partial charge in [-0.1, -0.05) is 0 Å². The molecule has 22 heavy (non-hydrogen) atoms. The van der Waals surface area contributed by atoms with Crippen molar-refractivity contribution in [3.63, 3.8) is 0 Å². The molecule has 0 amide bonds. The van der Waals surface area contributed by atoms with Gasteiger partial charge in [0.2, 0.25) is 0 Å². The quantitative estimate of drug-likeness (QED) is 0.490. The Hall–Kier alpha value is 0.446. The molecule has 2 aliphatic rings. The van der Waals surface area contributed by atoms with E-state index in [1.807, 2.05) is 3.28 Å². The van der Waals surface area contributed by atoms with Crippen LogP contribution in [0.1, 0.15) is 35.0 Å². The van der Waals surface area contributed by atoms with Crippen LogP contribution in [0.3, 0.4) is 0 Å².